The number of anilines is 1. The van der Waals surface area contributed by atoms with Crippen molar-refractivity contribution < 1.29 is 9.32 Å². The van der Waals surface area contributed by atoms with Gasteiger partial charge in [-0.1, -0.05) is 65.9 Å². The van der Waals surface area contributed by atoms with Gasteiger partial charge in [0.2, 0.25) is 17.6 Å². The SMILES string of the molecule is Cc1ccc(N2CCC[C@@H](C(=O)N(Cc3nc(-c4cccc(C)c4)no3)C3CCCCC3)C2)cc1. The van der Waals surface area contributed by atoms with Gasteiger partial charge in [-0.25, -0.2) is 0 Å². The van der Waals surface area contributed by atoms with E-state index in [9.17, 15) is 4.79 Å². The molecule has 6 nitrogen and oxygen atoms in total. The van der Waals surface area contributed by atoms with Crippen LogP contribution < -0.4 is 4.90 Å². The molecule has 2 fully saturated rings. The average molecular weight is 473 g/mol. The van der Waals surface area contributed by atoms with Crippen molar-refractivity contribution >= 4 is 11.6 Å². The lowest BCUT2D eigenvalue weighted by molar-refractivity contribution is -0.140. The van der Waals surface area contributed by atoms with Crippen molar-refractivity contribution in [3.63, 3.8) is 0 Å². The highest BCUT2D eigenvalue weighted by Crippen LogP contribution is 2.30. The van der Waals surface area contributed by atoms with Gasteiger partial charge in [-0.3, -0.25) is 4.79 Å². The highest BCUT2D eigenvalue weighted by Gasteiger charge is 2.34. The summed E-state index contributed by atoms with van der Waals surface area (Å²) in [5.41, 5.74) is 4.56. The Bertz CT molecular complexity index is 1130. The van der Waals surface area contributed by atoms with Crippen LogP contribution in [0.25, 0.3) is 11.4 Å². The Kier molecular flexibility index (Phi) is 7.16. The molecule has 35 heavy (non-hydrogen) atoms. The normalized spacial score (nSPS) is 19.0. The maximum Gasteiger partial charge on any atom is 0.246 e. The number of amides is 1. The molecule has 5 rings (SSSR count). The molecule has 1 saturated heterocycles. The van der Waals surface area contributed by atoms with Crippen LogP contribution in [0.2, 0.25) is 0 Å². The molecule has 2 aliphatic rings. The van der Waals surface area contributed by atoms with Gasteiger partial charge in [0, 0.05) is 30.4 Å². The maximum absolute atomic E-state index is 14.0. The average Bonchev–Trinajstić information content (AvgIpc) is 3.37. The zero-order chi connectivity index (χ0) is 24.2. The quantitative estimate of drug-likeness (QED) is 0.445. The van der Waals surface area contributed by atoms with E-state index in [0.717, 1.165) is 49.9 Å². The monoisotopic (exact) mass is 472 g/mol. The number of carbonyl (C=O) groups excluding carboxylic acids is 1. The lowest BCUT2D eigenvalue weighted by Gasteiger charge is -2.39. The molecular formula is C29H36N4O2. The number of nitrogens with zero attached hydrogens (tertiary/aromatic N) is 4. The third kappa shape index (κ3) is 5.58. The molecule has 2 aromatic carbocycles. The molecular weight excluding hydrogens is 436 g/mol. The van der Waals surface area contributed by atoms with Crippen LogP contribution in [-0.2, 0) is 11.3 Å². The molecule has 0 unspecified atom stereocenters. The highest BCUT2D eigenvalue weighted by atomic mass is 16.5. The molecule has 1 atom stereocenters. The van der Waals surface area contributed by atoms with Crippen LogP contribution in [0.3, 0.4) is 0 Å². The first-order valence-corrected chi connectivity index (χ1v) is 13.1. The minimum atomic E-state index is -0.00820. The minimum Gasteiger partial charge on any atom is -0.371 e. The first kappa shape index (κ1) is 23.6. The Balaban J connectivity index is 1.34. The summed E-state index contributed by atoms with van der Waals surface area (Å²) in [6.45, 7) is 6.32. The van der Waals surface area contributed by atoms with Crippen LogP contribution in [0.1, 0.15) is 62.0 Å². The number of piperidine rings is 1. The van der Waals surface area contributed by atoms with Gasteiger partial charge in [-0.05, 0) is 57.7 Å². The van der Waals surface area contributed by atoms with Crippen LogP contribution in [0.15, 0.2) is 53.1 Å². The van der Waals surface area contributed by atoms with E-state index < -0.39 is 0 Å². The van der Waals surface area contributed by atoms with Gasteiger partial charge >= 0.3 is 0 Å². The summed E-state index contributed by atoms with van der Waals surface area (Å²) in [7, 11) is 0. The molecule has 6 heteroatoms. The minimum absolute atomic E-state index is 0.00820. The van der Waals surface area contributed by atoms with E-state index in [1.165, 1.54) is 30.5 Å². The second-order valence-corrected chi connectivity index (χ2v) is 10.3. The highest BCUT2D eigenvalue weighted by molar-refractivity contribution is 5.80. The van der Waals surface area contributed by atoms with Crippen LogP contribution in [0.4, 0.5) is 5.69 Å². The molecule has 3 aromatic rings. The maximum atomic E-state index is 14.0. The summed E-state index contributed by atoms with van der Waals surface area (Å²) in [4.78, 5) is 23.1. The van der Waals surface area contributed by atoms with Gasteiger partial charge in [-0.15, -0.1) is 0 Å². The second-order valence-electron chi connectivity index (χ2n) is 10.3. The summed E-state index contributed by atoms with van der Waals surface area (Å²) < 4.78 is 5.65. The van der Waals surface area contributed by atoms with Gasteiger partial charge in [0.25, 0.3) is 0 Å². The summed E-state index contributed by atoms with van der Waals surface area (Å²) >= 11 is 0. The smallest absolute Gasteiger partial charge is 0.246 e. The summed E-state index contributed by atoms with van der Waals surface area (Å²) in [5.74, 6) is 1.34. The topological polar surface area (TPSA) is 62.5 Å². The number of aryl methyl sites for hydroxylation is 2. The standard InChI is InChI=1S/C29H36N4O2/c1-21-13-15-25(16-14-21)32-17-7-10-24(19-32)29(34)33(26-11-4-3-5-12-26)20-27-30-28(31-35-27)23-9-6-8-22(2)18-23/h6,8-9,13-16,18,24,26H,3-5,7,10-12,17,19-20H2,1-2H3/t24-/m1/s1. The second kappa shape index (κ2) is 10.6. The van der Waals surface area contributed by atoms with Crippen LogP contribution in [0.5, 0.6) is 0 Å². The van der Waals surface area contributed by atoms with Crippen LogP contribution in [0, 0.1) is 19.8 Å². The molecule has 1 amide bonds. The largest absolute Gasteiger partial charge is 0.371 e. The van der Waals surface area contributed by atoms with E-state index in [2.05, 4.69) is 70.2 Å². The predicted molar refractivity (Wildman–Crippen MR) is 138 cm³/mol. The fourth-order valence-electron chi connectivity index (χ4n) is 5.55. The summed E-state index contributed by atoms with van der Waals surface area (Å²) in [6, 6.07) is 17.0. The van der Waals surface area contributed by atoms with Crippen molar-refractivity contribution in [2.45, 2.75) is 71.4 Å². The lowest BCUT2D eigenvalue weighted by atomic mass is 9.91. The Hall–Kier alpha value is -3.15. The van der Waals surface area contributed by atoms with Gasteiger partial charge in [-0.2, -0.15) is 4.98 Å². The van der Waals surface area contributed by atoms with Crippen molar-refractivity contribution in [1.82, 2.24) is 15.0 Å². The third-order valence-electron chi connectivity index (χ3n) is 7.52. The number of hydrogen-bond donors (Lipinski definition) is 0. The van der Waals surface area contributed by atoms with Gasteiger partial charge in [0.05, 0.1) is 5.92 Å². The Morgan fingerprint density at radius 1 is 1.00 bits per heavy atom. The number of hydrogen-bond acceptors (Lipinski definition) is 5. The van der Waals surface area contributed by atoms with Crippen molar-refractivity contribution in [2.24, 2.45) is 5.92 Å². The fourth-order valence-corrected chi connectivity index (χ4v) is 5.55. The van der Waals surface area contributed by atoms with Gasteiger partial charge in [0.1, 0.15) is 6.54 Å². The van der Waals surface area contributed by atoms with Crippen molar-refractivity contribution in [2.75, 3.05) is 18.0 Å². The third-order valence-corrected chi connectivity index (χ3v) is 7.52. The van der Waals surface area contributed by atoms with E-state index in [4.69, 9.17) is 4.52 Å². The first-order chi connectivity index (χ1) is 17.1. The molecule has 1 aliphatic heterocycles. The molecule has 0 radical (unpaired) electrons. The summed E-state index contributed by atoms with van der Waals surface area (Å²) in [6.07, 6.45) is 7.67. The van der Waals surface area contributed by atoms with E-state index in [-0.39, 0.29) is 17.9 Å². The number of benzene rings is 2. The van der Waals surface area contributed by atoms with E-state index in [1.54, 1.807) is 0 Å². The molecule has 0 spiro atoms. The molecule has 2 heterocycles. The zero-order valence-corrected chi connectivity index (χ0v) is 20.9. The van der Waals surface area contributed by atoms with Gasteiger partial charge < -0.3 is 14.3 Å². The number of aromatic nitrogens is 2. The van der Waals surface area contributed by atoms with Crippen molar-refractivity contribution in [1.29, 1.82) is 0 Å². The van der Waals surface area contributed by atoms with E-state index in [1.807, 2.05) is 12.1 Å². The van der Waals surface area contributed by atoms with Gasteiger partial charge in [0.15, 0.2) is 0 Å². The fraction of sp³-hybridized carbons (Fsp3) is 0.483. The Morgan fingerprint density at radius 3 is 2.57 bits per heavy atom. The molecule has 0 N–H and O–H groups in total. The van der Waals surface area contributed by atoms with Crippen LogP contribution in [-0.4, -0.2) is 40.1 Å². The molecule has 0 bridgehead atoms. The predicted octanol–water partition coefficient (Wildman–Crippen LogP) is 5.93. The molecule has 1 aliphatic carbocycles. The van der Waals surface area contributed by atoms with Crippen molar-refractivity contribution in [3.8, 4) is 11.4 Å². The Morgan fingerprint density at radius 2 is 1.80 bits per heavy atom. The van der Waals surface area contributed by atoms with E-state index >= 15 is 0 Å². The zero-order valence-electron chi connectivity index (χ0n) is 20.9. The number of rotatable bonds is 6. The first-order valence-electron chi connectivity index (χ1n) is 13.1. The molecule has 1 saturated carbocycles. The molecule has 184 valence electrons. The Labute approximate surface area is 208 Å². The molecule has 1 aromatic heterocycles. The van der Waals surface area contributed by atoms with E-state index in [0.29, 0.717) is 18.3 Å². The number of carbonyl (C=O) groups is 1. The summed E-state index contributed by atoms with van der Waals surface area (Å²) in [5, 5.41) is 4.22. The van der Waals surface area contributed by atoms with Crippen molar-refractivity contribution in [3.05, 3.63) is 65.5 Å². The lowest BCUT2D eigenvalue weighted by Crippen LogP contribution is -2.48. The van der Waals surface area contributed by atoms with Crippen LogP contribution >= 0.6 is 0 Å².